The Morgan fingerprint density at radius 2 is 0.591 bits per heavy atom. The van der Waals surface area contributed by atoms with Gasteiger partial charge in [0.2, 0.25) is 0 Å². The molecule has 0 aromatic rings. The summed E-state index contributed by atoms with van der Waals surface area (Å²) in [7, 11) is 0. The van der Waals surface area contributed by atoms with E-state index in [2.05, 4.69) is 104 Å². The molecule has 0 atom stereocenters. The maximum absolute atomic E-state index is 2.82. The van der Waals surface area contributed by atoms with Crippen LogP contribution in [0.1, 0.15) is 0 Å². The van der Waals surface area contributed by atoms with Gasteiger partial charge in [-0.1, -0.05) is 0 Å². The van der Waals surface area contributed by atoms with E-state index in [1.807, 2.05) is 0 Å². The van der Waals surface area contributed by atoms with Gasteiger partial charge in [-0.2, -0.15) is 0 Å². The summed E-state index contributed by atoms with van der Waals surface area (Å²) in [6, 6.07) is 0. The molecule has 124 valence electrons. The van der Waals surface area contributed by atoms with Crippen LogP contribution in [0.3, 0.4) is 0 Å². The fourth-order valence-electron chi connectivity index (χ4n) is 3.68. The minimum absolute atomic E-state index is 0.752. The number of allylic oxidation sites excluding steroid dienone is 8. The van der Waals surface area contributed by atoms with Gasteiger partial charge < -0.3 is 0 Å². The van der Waals surface area contributed by atoms with E-state index >= 15 is 0 Å². The van der Waals surface area contributed by atoms with E-state index in [0.29, 0.717) is 0 Å². The first kappa shape index (κ1) is 20.3. The Kier molecular flexibility index (Phi) is 4.08. The van der Waals surface area contributed by atoms with E-state index in [1.165, 1.54) is 0 Å². The average Bonchev–Trinajstić information content (AvgIpc) is 2.86. The zero-order chi connectivity index (χ0) is 17.6. The second-order valence-corrected chi connectivity index (χ2v) is 102. The van der Waals surface area contributed by atoms with Crippen molar-refractivity contribution in [3.63, 3.8) is 0 Å². The SMILES string of the molecule is [CH3][Zn]([CH3])([CH3])([CH3])([CH3])[CH]1C=CC=C1.[CH3][Zn]([CH3])([CH3])([CH3])([CH3])[CH]1C=CC=C1. The van der Waals surface area contributed by atoms with Crippen molar-refractivity contribution in [2.75, 3.05) is 0 Å². The van der Waals surface area contributed by atoms with E-state index in [9.17, 15) is 0 Å². The predicted octanol–water partition coefficient (Wildman–Crippen LogP) is 8.73. The molecule has 2 heteroatoms. The molecule has 0 saturated heterocycles. The van der Waals surface area contributed by atoms with Gasteiger partial charge in [0.05, 0.1) is 0 Å². The van der Waals surface area contributed by atoms with Crippen molar-refractivity contribution < 1.29 is 24.8 Å². The summed E-state index contributed by atoms with van der Waals surface area (Å²) >= 11 is -5.63. The van der Waals surface area contributed by atoms with Crippen LogP contribution in [0, 0.1) is 0 Å². The van der Waals surface area contributed by atoms with Crippen LogP contribution >= 0.6 is 0 Å². The third-order valence-electron chi connectivity index (χ3n) is 6.37. The zero-order valence-electron chi connectivity index (χ0n) is 17.2. The Balaban J connectivity index is 0.000000220. The summed E-state index contributed by atoms with van der Waals surface area (Å²) in [6.45, 7) is 0. The third-order valence-corrected chi connectivity index (χ3v) is 28.4. The number of rotatable bonds is 2. The summed E-state index contributed by atoms with van der Waals surface area (Å²) in [6.07, 6.45) is 18.2. The standard InChI is InChI=1S/2C5H5.10CH3.2Zn/c2*1-2-4-5-3-1;;;;;;;;;;;;/h2*1-5H;10*1H3;;. The quantitative estimate of drug-likeness (QED) is 0.399. The van der Waals surface area contributed by atoms with Gasteiger partial charge in [0.15, 0.2) is 0 Å². The summed E-state index contributed by atoms with van der Waals surface area (Å²) in [5.41, 5.74) is 25.1. The van der Waals surface area contributed by atoms with Gasteiger partial charge >= 0.3 is 138 Å². The van der Waals surface area contributed by atoms with E-state index in [-0.39, 0.29) is 0 Å². The molecule has 0 aromatic heterocycles. The molecule has 0 radical (unpaired) electrons. The van der Waals surface area contributed by atoms with Gasteiger partial charge in [-0.3, -0.25) is 0 Å². The molecular weight excluding hydrogens is 371 g/mol. The van der Waals surface area contributed by atoms with Gasteiger partial charge in [-0.25, -0.2) is 0 Å². The van der Waals surface area contributed by atoms with Crippen LogP contribution in [-0.4, -0.2) is 0 Å². The molecule has 0 amide bonds. The van der Waals surface area contributed by atoms with Gasteiger partial charge in [0.25, 0.3) is 0 Å². The molecule has 0 unspecified atom stereocenters. The summed E-state index contributed by atoms with van der Waals surface area (Å²) in [5, 5.41) is 0. The van der Waals surface area contributed by atoms with Gasteiger partial charge in [-0.15, -0.1) is 0 Å². The fourth-order valence-corrected chi connectivity index (χ4v) is 16.4. The second-order valence-electron chi connectivity index (χ2n) is 21.1. The van der Waals surface area contributed by atoms with Gasteiger partial charge in [-0.05, 0) is 0 Å². The van der Waals surface area contributed by atoms with E-state index < -0.39 is 24.8 Å². The van der Waals surface area contributed by atoms with E-state index in [4.69, 9.17) is 0 Å². The molecule has 0 aromatic carbocycles. The van der Waals surface area contributed by atoms with Crippen LogP contribution in [0.25, 0.3) is 0 Å². The van der Waals surface area contributed by atoms with Crippen molar-refractivity contribution in [1.82, 2.24) is 0 Å². The second kappa shape index (κ2) is 4.43. The molecule has 0 bridgehead atoms. The van der Waals surface area contributed by atoms with Crippen molar-refractivity contribution >= 4 is 0 Å². The molecule has 2 aliphatic carbocycles. The molecule has 0 fully saturated rings. The Hall–Kier alpha value is 0.207. The molecule has 0 spiro atoms. The van der Waals surface area contributed by atoms with E-state index in [0.717, 1.165) is 9.02 Å². The molecule has 0 aliphatic heterocycles. The number of hydrogen-bond donors (Lipinski definition) is 0. The Morgan fingerprint density at radius 3 is 0.682 bits per heavy atom. The van der Waals surface area contributed by atoms with Gasteiger partial charge in [0, 0.05) is 0 Å². The molecular formula is C20H40Zn2. The molecule has 0 saturated carbocycles. The van der Waals surface area contributed by atoms with Gasteiger partial charge in [0.1, 0.15) is 0 Å². The van der Waals surface area contributed by atoms with Crippen LogP contribution in [0.2, 0.25) is 64.2 Å². The monoisotopic (exact) mass is 408 g/mol. The first-order chi connectivity index (χ1) is 9.19. The van der Waals surface area contributed by atoms with E-state index in [1.54, 1.807) is 0 Å². The van der Waals surface area contributed by atoms with Crippen LogP contribution < -0.4 is 0 Å². The van der Waals surface area contributed by atoms with Crippen molar-refractivity contribution in [1.29, 1.82) is 0 Å². The van der Waals surface area contributed by atoms with Crippen molar-refractivity contribution in [3.05, 3.63) is 48.6 Å². The predicted molar refractivity (Wildman–Crippen MR) is 103 cm³/mol. The Bertz CT molecular complexity index is 474. The number of hydrogen-bond acceptors (Lipinski definition) is 0. The molecule has 22 heavy (non-hydrogen) atoms. The normalized spacial score (nSPS) is 21.9. The molecule has 2 aliphatic rings. The van der Waals surface area contributed by atoms with Crippen LogP contribution in [0.15, 0.2) is 48.6 Å². The van der Waals surface area contributed by atoms with Crippen molar-refractivity contribution in [2.24, 2.45) is 0 Å². The Morgan fingerprint density at radius 1 is 0.409 bits per heavy atom. The Labute approximate surface area is 137 Å². The average molecular weight is 411 g/mol. The zero-order valence-corrected chi connectivity index (χ0v) is 23.1. The van der Waals surface area contributed by atoms with Crippen LogP contribution in [0.4, 0.5) is 0 Å². The summed E-state index contributed by atoms with van der Waals surface area (Å²) in [5.74, 6) is 0. The topological polar surface area (TPSA) is 0 Å². The van der Waals surface area contributed by atoms with Crippen molar-refractivity contribution in [3.8, 4) is 0 Å². The summed E-state index contributed by atoms with van der Waals surface area (Å²) in [4.78, 5) is 0. The maximum atomic E-state index is 2.51. The minimum atomic E-state index is -2.82. The third kappa shape index (κ3) is 6.37. The fraction of sp³-hybridized carbons (Fsp3) is 0.600. The van der Waals surface area contributed by atoms with Crippen LogP contribution in [0.5, 0.6) is 0 Å². The molecule has 2 rings (SSSR count). The van der Waals surface area contributed by atoms with Crippen molar-refractivity contribution in [2.45, 2.75) is 64.2 Å². The first-order valence-electron chi connectivity index (χ1n) is 11.2. The first-order valence-corrected chi connectivity index (χ1v) is 44.3. The van der Waals surface area contributed by atoms with Crippen LogP contribution in [-0.2, 0) is 24.8 Å². The summed E-state index contributed by atoms with van der Waals surface area (Å²) < 4.78 is 1.50. The molecule has 0 heterocycles. The molecule has 0 nitrogen and oxygen atoms in total. The molecule has 0 N–H and O–H groups in total.